The Balaban J connectivity index is 1.69. The van der Waals surface area contributed by atoms with Gasteiger partial charge in [-0.05, 0) is 30.5 Å². The lowest BCUT2D eigenvalue weighted by Crippen LogP contribution is -2.39. The number of nitrogens with one attached hydrogen (secondary N) is 2. The van der Waals surface area contributed by atoms with Gasteiger partial charge in [0, 0.05) is 37.6 Å². The van der Waals surface area contributed by atoms with Crippen LogP contribution in [0.25, 0.3) is 0 Å². The van der Waals surface area contributed by atoms with Crippen molar-refractivity contribution >= 4 is 17.3 Å². The Morgan fingerprint density at radius 2 is 1.81 bits per heavy atom. The summed E-state index contributed by atoms with van der Waals surface area (Å²) in [5, 5.41) is 7.50. The van der Waals surface area contributed by atoms with Gasteiger partial charge in [-0.2, -0.15) is 0 Å². The van der Waals surface area contributed by atoms with Crippen molar-refractivity contribution in [3.05, 3.63) is 45.9 Å². The molecule has 0 atom stereocenters. The van der Waals surface area contributed by atoms with Crippen molar-refractivity contribution in [1.82, 2.24) is 15.6 Å². The summed E-state index contributed by atoms with van der Waals surface area (Å²) in [6, 6.07) is 5.86. The maximum Gasteiger partial charge on any atom is 0.573 e. The maximum absolute atomic E-state index is 12.1. The topological polar surface area (TPSA) is 58.5 Å². The third-order valence-electron chi connectivity index (χ3n) is 3.67. The minimum Gasteiger partial charge on any atom is -0.406 e. The average molecular weight is 400 g/mol. The van der Waals surface area contributed by atoms with E-state index < -0.39 is 6.36 Å². The van der Waals surface area contributed by atoms with Crippen LogP contribution < -0.4 is 15.4 Å². The Morgan fingerprint density at radius 1 is 1.15 bits per heavy atom. The van der Waals surface area contributed by atoms with E-state index in [-0.39, 0.29) is 5.75 Å². The fourth-order valence-corrected chi connectivity index (χ4v) is 3.18. The summed E-state index contributed by atoms with van der Waals surface area (Å²) in [6.45, 7) is 3.44. The molecule has 0 amide bonds. The minimum absolute atomic E-state index is 0.217. The summed E-state index contributed by atoms with van der Waals surface area (Å²) in [6.07, 6.45) is -0.279. The molecule has 1 aromatic heterocycles. The SMILES string of the molecule is CCc1cnc(CCNC(=NC)NCCc2ccc(OC(F)(F)F)cc2)s1. The zero-order chi connectivity index (χ0) is 19.7. The number of ether oxygens (including phenoxy) is 1. The van der Waals surface area contributed by atoms with E-state index in [1.165, 1.54) is 17.0 Å². The molecular formula is C18H23F3N4OS. The molecule has 0 bridgehead atoms. The molecule has 0 aliphatic heterocycles. The molecule has 0 unspecified atom stereocenters. The standard InChI is InChI=1S/C18H23F3N4OS/c1-3-15-12-25-16(27-15)9-11-24-17(22-2)23-10-8-13-4-6-14(7-5-13)26-18(19,20)21/h4-7,12H,3,8-11H2,1-2H3,(H2,22,23,24). The molecule has 148 valence electrons. The second-order valence-electron chi connectivity index (χ2n) is 5.69. The van der Waals surface area contributed by atoms with Crippen LogP contribution in [0.1, 0.15) is 22.4 Å². The van der Waals surface area contributed by atoms with Crippen LogP contribution in [0.3, 0.4) is 0 Å². The van der Waals surface area contributed by atoms with Gasteiger partial charge in [0.05, 0.1) is 5.01 Å². The number of alkyl halides is 3. The Morgan fingerprint density at radius 3 is 2.37 bits per heavy atom. The maximum atomic E-state index is 12.1. The molecule has 0 saturated carbocycles. The van der Waals surface area contributed by atoms with Crippen LogP contribution >= 0.6 is 11.3 Å². The zero-order valence-corrected chi connectivity index (χ0v) is 16.1. The molecule has 0 saturated heterocycles. The third kappa shape index (κ3) is 7.86. The van der Waals surface area contributed by atoms with Crippen molar-refractivity contribution in [2.75, 3.05) is 20.1 Å². The Bertz CT molecular complexity index is 729. The van der Waals surface area contributed by atoms with E-state index in [2.05, 4.69) is 32.3 Å². The van der Waals surface area contributed by atoms with Crippen LogP contribution in [0.5, 0.6) is 5.75 Å². The van der Waals surface area contributed by atoms with E-state index in [1.54, 1.807) is 30.5 Å². The Kier molecular flexibility index (Phi) is 7.90. The first kappa shape index (κ1) is 21.0. The van der Waals surface area contributed by atoms with Gasteiger partial charge in [-0.1, -0.05) is 19.1 Å². The molecule has 0 aliphatic rings. The first-order chi connectivity index (χ1) is 12.9. The highest BCUT2D eigenvalue weighted by molar-refractivity contribution is 7.11. The van der Waals surface area contributed by atoms with Crippen LogP contribution in [0.15, 0.2) is 35.5 Å². The van der Waals surface area contributed by atoms with Crippen LogP contribution in [0, 0.1) is 0 Å². The molecule has 2 rings (SSSR count). The van der Waals surface area contributed by atoms with Crippen LogP contribution in [0.2, 0.25) is 0 Å². The highest BCUT2D eigenvalue weighted by Crippen LogP contribution is 2.22. The monoisotopic (exact) mass is 400 g/mol. The van der Waals surface area contributed by atoms with Gasteiger partial charge in [0.25, 0.3) is 0 Å². The number of hydrogen-bond acceptors (Lipinski definition) is 4. The number of rotatable bonds is 8. The number of thiazole rings is 1. The average Bonchev–Trinajstić information content (AvgIpc) is 3.08. The van der Waals surface area contributed by atoms with Crippen LogP contribution in [0.4, 0.5) is 13.2 Å². The number of aromatic nitrogens is 1. The van der Waals surface area contributed by atoms with Crippen LogP contribution in [-0.4, -0.2) is 37.4 Å². The highest BCUT2D eigenvalue weighted by atomic mass is 32.1. The van der Waals surface area contributed by atoms with Gasteiger partial charge in [0.2, 0.25) is 0 Å². The smallest absolute Gasteiger partial charge is 0.406 e. The molecule has 5 nitrogen and oxygen atoms in total. The van der Waals surface area contributed by atoms with E-state index in [0.29, 0.717) is 18.9 Å². The molecule has 27 heavy (non-hydrogen) atoms. The lowest BCUT2D eigenvalue weighted by Gasteiger charge is -2.12. The van der Waals surface area contributed by atoms with Crippen molar-refractivity contribution in [3.63, 3.8) is 0 Å². The van der Waals surface area contributed by atoms with Gasteiger partial charge in [-0.3, -0.25) is 4.99 Å². The van der Waals surface area contributed by atoms with Crippen LogP contribution in [-0.2, 0) is 19.3 Å². The summed E-state index contributed by atoms with van der Waals surface area (Å²) in [7, 11) is 1.69. The molecule has 0 fully saturated rings. The summed E-state index contributed by atoms with van der Waals surface area (Å²) >= 11 is 1.72. The predicted molar refractivity (Wildman–Crippen MR) is 101 cm³/mol. The van der Waals surface area contributed by atoms with E-state index in [4.69, 9.17) is 0 Å². The molecule has 2 aromatic rings. The van der Waals surface area contributed by atoms with Gasteiger partial charge in [0.1, 0.15) is 5.75 Å². The highest BCUT2D eigenvalue weighted by Gasteiger charge is 2.30. The van der Waals surface area contributed by atoms with Gasteiger partial charge in [0.15, 0.2) is 5.96 Å². The number of benzene rings is 1. The Labute approximate surface area is 160 Å². The third-order valence-corrected chi connectivity index (χ3v) is 4.87. The fourth-order valence-electron chi connectivity index (χ4n) is 2.32. The lowest BCUT2D eigenvalue weighted by atomic mass is 10.1. The fraction of sp³-hybridized carbons (Fsp3) is 0.444. The van der Waals surface area contributed by atoms with Crippen molar-refractivity contribution in [1.29, 1.82) is 0 Å². The van der Waals surface area contributed by atoms with Gasteiger partial charge < -0.3 is 15.4 Å². The quantitative estimate of drug-likeness (QED) is 0.526. The first-order valence-electron chi connectivity index (χ1n) is 8.62. The van der Waals surface area contributed by atoms with E-state index in [1.807, 2.05) is 6.20 Å². The second-order valence-corrected chi connectivity index (χ2v) is 6.89. The number of guanidine groups is 1. The second kappa shape index (κ2) is 10.1. The summed E-state index contributed by atoms with van der Waals surface area (Å²) in [5.74, 6) is 0.462. The Hall–Kier alpha value is -2.29. The molecular weight excluding hydrogens is 377 g/mol. The summed E-state index contributed by atoms with van der Waals surface area (Å²) < 4.78 is 40.3. The number of nitrogens with zero attached hydrogens (tertiary/aromatic N) is 2. The minimum atomic E-state index is -4.67. The number of aliphatic imine (C=N–C) groups is 1. The van der Waals surface area contributed by atoms with Crippen molar-refractivity contribution in [3.8, 4) is 5.75 Å². The largest absolute Gasteiger partial charge is 0.573 e. The lowest BCUT2D eigenvalue weighted by molar-refractivity contribution is -0.274. The number of aryl methyl sites for hydroxylation is 1. The van der Waals surface area contributed by atoms with Crippen molar-refractivity contribution < 1.29 is 17.9 Å². The molecule has 0 aliphatic carbocycles. The normalized spacial score (nSPS) is 12.1. The zero-order valence-electron chi connectivity index (χ0n) is 15.3. The van der Waals surface area contributed by atoms with Gasteiger partial charge in [-0.25, -0.2) is 4.98 Å². The van der Waals surface area contributed by atoms with Crippen molar-refractivity contribution in [2.45, 2.75) is 32.5 Å². The number of hydrogen-bond donors (Lipinski definition) is 2. The summed E-state index contributed by atoms with van der Waals surface area (Å²) in [5.41, 5.74) is 0.905. The summed E-state index contributed by atoms with van der Waals surface area (Å²) in [4.78, 5) is 9.81. The molecule has 2 N–H and O–H groups in total. The molecule has 1 aromatic carbocycles. The number of halogens is 3. The van der Waals surface area contributed by atoms with E-state index in [9.17, 15) is 13.2 Å². The van der Waals surface area contributed by atoms with Crippen molar-refractivity contribution in [2.24, 2.45) is 4.99 Å². The molecule has 0 radical (unpaired) electrons. The molecule has 1 heterocycles. The molecule has 9 heteroatoms. The van der Waals surface area contributed by atoms with E-state index >= 15 is 0 Å². The predicted octanol–water partition coefficient (Wildman–Crippen LogP) is 3.55. The van der Waals surface area contributed by atoms with Gasteiger partial charge >= 0.3 is 6.36 Å². The first-order valence-corrected chi connectivity index (χ1v) is 9.44. The van der Waals surface area contributed by atoms with E-state index in [0.717, 1.165) is 30.0 Å². The molecule has 0 spiro atoms. The van der Waals surface area contributed by atoms with Gasteiger partial charge in [-0.15, -0.1) is 24.5 Å².